The number of nitrogens with zero attached hydrogens (tertiary/aromatic N) is 3. The Hall–Kier alpha value is -2.30. The molecule has 0 bridgehead atoms. The lowest BCUT2D eigenvalue weighted by Crippen LogP contribution is -2.43. The number of fused-ring (bicyclic) bond motifs is 1. The minimum Gasteiger partial charge on any atom is -0.501 e. The molecule has 0 aliphatic carbocycles. The van der Waals surface area contributed by atoms with Gasteiger partial charge in [-0.25, -0.2) is 5.43 Å². The molecule has 0 spiro atoms. The molecule has 0 saturated carbocycles. The van der Waals surface area contributed by atoms with Crippen molar-refractivity contribution in [1.29, 1.82) is 0 Å². The molecule has 2 aromatic rings. The summed E-state index contributed by atoms with van der Waals surface area (Å²) < 4.78 is 3.53. The summed E-state index contributed by atoms with van der Waals surface area (Å²) in [5.41, 5.74) is 4.34. The number of nitrogens with one attached hydrogen (secondary N) is 1. The molecule has 0 fully saturated rings. The van der Waals surface area contributed by atoms with Crippen LogP contribution in [0.4, 0.5) is 0 Å². The molecular weight excluding hydrogens is 228 g/mol. The molecule has 2 N–H and O–H groups in total. The summed E-state index contributed by atoms with van der Waals surface area (Å²) in [6, 6.07) is 10.1. The van der Waals surface area contributed by atoms with Crippen LogP contribution < -0.4 is 10.1 Å². The molecule has 1 aromatic carbocycles. The lowest BCUT2D eigenvalue weighted by Gasteiger charge is -2.13. The van der Waals surface area contributed by atoms with Crippen LogP contribution in [0.2, 0.25) is 0 Å². The molecule has 1 aromatic heterocycles. The summed E-state index contributed by atoms with van der Waals surface area (Å²) in [6.45, 7) is 2.61. The highest BCUT2D eigenvalue weighted by Gasteiger charge is 2.28. The third-order valence-electron chi connectivity index (χ3n) is 2.93. The summed E-state index contributed by atoms with van der Waals surface area (Å²) in [5.74, 6) is 0.937. The maximum Gasteiger partial charge on any atom is 0.369 e. The molecule has 2 heterocycles. The second kappa shape index (κ2) is 4.18. The van der Waals surface area contributed by atoms with Crippen molar-refractivity contribution in [3.8, 4) is 0 Å². The Bertz CT molecular complexity index is 588. The van der Waals surface area contributed by atoms with Gasteiger partial charge in [0.05, 0.1) is 6.04 Å². The second-order valence-corrected chi connectivity index (χ2v) is 4.44. The Balaban J connectivity index is 1.95. The number of hydrogen-bond acceptors (Lipinski definition) is 3. The SMILES string of the molecule is C[C@@H]1C=C(O)c2n(cn[n+]2Cc2ccccc2)N1. The van der Waals surface area contributed by atoms with Gasteiger partial charge in [0.15, 0.2) is 0 Å². The standard InChI is InChI=1S/C13H14N4O/c1-10-7-12(18)13-16(14-9-17(13)15-10)8-11-5-3-2-4-6-11/h2-7,9-10,15H,8H2,1H3/p+1/t10-/m1/s1. The highest BCUT2D eigenvalue weighted by molar-refractivity contribution is 5.52. The zero-order chi connectivity index (χ0) is 12.5. The number of aromatic nitrogens is 3. The van der Waals surface area contributed by atoms with Gasteiger partial charge in [-0.3, -0.25) is 0 Å². The number of aliphatic hydroxyl groups is 1. The summed E-state index contributed by atoms with van der Waals surface area (Å²) in [7, 11) is 0. The van der Waals surface area contributed by atoms with E-state index in [1.54, 1.807) is 21.8 Å². The first kappa shape index (κ1) is 10.8. The first-order chi connectivity index (χ1) is 8.74. The zero-order valence-electron chi connectivity index (χ0n) is 10.1. The topological polar surface area (TPSA) is 54.0 Å². The van der Waals surface area contributed by atoms with Crippen LogP contribution in [0.25, 0.3) is 5.76 Å². The maximum absolute atomic E-state index is 10.0. The first-order valence-electron chi connectivity index (χ1n) is 5.93. The predicted molar refractivity (Wildman–Crippen MR) is 67.4 cm³/mol. The predicted octanol–water partition coefficient (Wildman–Crippen LogP) is 1.06. The van der Waals surface area contributed by atoms with Crippen LogP contribution >= 0.6 is 0 Å². The van der Waals surface area contributed by atoms with E-state index in [2.05, 4.69) is 10.5 Å². The zero-order valence-corrected chi connectivity index (χ0v) is 10.1. The van der Waals surface area contributed by atoms with Crippen LogP contribution in [0.1, 0.15) is 18.3 Å². The van der Waals surface area contributed by atoms with Gasteiger partial charge in [0.1, 0.15) is 6.54 Å². The van der Waals surface area contributed by atoms with E-state index in [4.69, 9.17) is 0 Å². The van der Waals surface area contributed by atoms with Gasteiger partial charge in [-0.1, -0.05) is 30.3 Å². The van der Waals surface area contributed by atoms with Crippen LogP contribution in [0, 0.1) is 0 Å². The van der Waals surface area contributed by atoms with Crippen molar-refractivity contribution in [3.63, 3.8) is 0 Å². The van der Waals surface area contributed by atoms with Crippen LogP contribution in [-0.4, -0.2) is 20.9 Å². The molecule has 1 aliphatic heterocycles. The van der Waals surface area contributed by atoms with E-state index < -0.39 is 0 Å². The van der Waals surface area contributed by atoms with Crippen molar-refractivity contribution in [1.82, 2.24) is 9.77 Å². The average molecular weight is 243 g/mol. The fourth-order valence-electron chi connectivity index (χ4n) is 2.14. The van der Waals surface area contributed by atoms with Crippen molar-refractivity contribution in [3.05, 3.63) is 54.1 Å². The molecule has 1 atom stereocenters. The van der Waals surface area contributed by atoms with Crippen molar-refractivity contribution in [2.24, 2.45) is 0 Å². The van der Waals surface area contributed by atoms with Crippen molar-refractivity contribution >= 4 is 5.76 Å². The molecule has 0 amide bonds. The van der Waals surface area contributed by atoms with Crippen molar-refractivity contribution in [2.45, 2.75) is 19.5 Å². The van der Waals surface area contributed by atoms with Gasteiger partial charge in [0.25, 0.3) is 0 Å². The van der Waals surface area contributed by atoms with E-state index >= 15 is 0 Å². The molecule has 0 saturated heterocycles. The fourth-order valence-corrected chi connectivity index (χ4v) is 2.14. The molecule has 0 radical (unpaired) electrons. The van der Waals surface area contributed by atoms with Gasteiger partial charge in [-0.05, 0) is 23.7 Å². The van der Waals surface area contributed by atoms with Gasteiger partial charge < -0.3 is 5.11 Å². The van der Waals surface area contributed by atoms with Crippen molar-refractivity contribution < 1.29 is 9.79 Å². The lowest BCUT2D eigenvalue weighted by molar-refractivity contribution is -0.746. The minimum atomic E-state index is 0.0943. The monoisotopic (exact) mass is 243 g/mol. The smallest absolute Gasteiger partial charge is 0.369 e. The van der Waals surface area contributed by atoms with Gasteiger partial charge in [-0.15, -0.1) is 9.36 Å². The molecule has 5 nitrogen and oxygen atoms in total. The van der Waals surface area contributed by atoms with Crippen LogP contribution in [0.15, 0.2) is 42.7 Å². The van der Waals surface area contributed by atoms with Gasteiger partial charge in [0, 0.05) is 0 Å². The summed E-state index contributed by atoms with van der Waals surface area (Å²) in [4.78, 5) is 0. The Morgan fingerprint density at radius 2 is 2.17 bits per heavy atom. The summed E-state index contributed by atoms with van der Waals surface area (Å²) in [5, 5.41) is 14.3. The van der Waals surface area contributed by atoms with Crippen LogP contribution in [-0.2, 0) is 6.54 Å². The Morgan fingerprint density at radius 3 is 2.94 bits per heavy atom. The normalized spacial score (nSPS) is 17.8. The van der Waals surface area contributed by atoms with Gasteiger partial charge in [-0.2, -0.15) is 0 Å². The van der Waals surface area contributed by atoms with E-state index in [0.717, 1.165) is 5.56 Å². The molecule has 92 valence electrons. The number of aliphatic hydroxyl groups excluding tert-OH is 1. The molecule has 3 rings (SSSR count). The van der Waals surface area contributed by atoms with Gasteiger partial charge in [0.2, 0.25) is 12.1 Å². The third-order valence-corrected chi connectivity index (χ3v) is 2.93. The molecule has 5 heteroatoms. The highest BCUT2D eigenvalue weighted by Crippen LogP contribution is 2.12. The fraction of sp³-hybridized carbons (Fsp3) is 0.231. The largest absolute Gasteiger partial charge is 0.501 e. The van der Waals surface area contributed by atoms with Crippen LogP contribution in [0.5, 0.6) is 0 Å². The first-order valence-corrected chi connectivity index (χ1v) is 5.93. The molecule has 18 heavy (non-hydrogen) atoms. The number of benzene rings is 1. The average Bonchev–Trinajstić information content (AvgIpc) is 2.73. The minimum absolute atomic E-state index is 0.0943. The Morgan fingerprint density at radius 1 is 1.39 bits per heavy atom. The maximum atomic E-state index is 10.0. The number of hydrogen-bond donors (Lipinski definition) is 2. The third kappa shape index (κ3) is 1.84. The van der Waals surface area contributed by atoms with Gasteiger partial charge >= 0.3 is 5.82 Å². The molecular formula is C13H15N4O+. The quantitative estimate of drug-likeness (QED) is 0.776. The summed E-state index contributed by atoms with van der Waals surface area (Å²) in [6.07, 6.45) is 3.45. The summed E-state index contributed by atoms with van der Waals surface area (Å²) >= 11 is 0. The van der Waals surface area contributed by atoms with E-state index in [9.17, 15) is 5.11 Å². The number of rotatable bonds is 2. The molecule has 1 aliphatic rings. The van der Waals surface area contributed by atoms with E-state index in [1.807, 2.05) is 37.3 Å². The van der Waals surface area contributed by atoms with E-state index in [0.29, 0.717) is 12.4 Å². The van der Waals surface area contributed by atoms with Crippen LogP contribution in [0.3, 0.4) is 0 Å². The van der Waals surface area contributed by atoms with Crippen molar-refractivity contribution in [2.75, 3.05) is 5.43 Å². The highest BCUT2D eigenvalue weighted by atomic mass is 16.3. The van der Waals surface area contributed by atoms with E-state index in [1.165, 1.54) is 0 Å². The Labute approximate surface area is 105 Å². The van der Waals surface area contributed by atoms with E-state index in [-0.39, 0.29) is 11.8 Å². The Kier molecular flexibility index (Phi) is 2.51. The second-order valence-electron chi connectivity index (χ2n) is 4.44. The lowest BCUT2D eigenvalue weighted by atomic mass is 10.2. The molecule has 0 unspecified atom stereocenters.